The Labute approximate surface area is 521 Å². The van der Waals surface area contributed by atoms with Crippen LogP contribution in [0.15, 0.2) is 97.1 Å². The normalized spacial score (nSPS) is 20.9. The molecule has 2 saturated carbocycles. The molecule has 14 heteroatoms. The second kappa shape index (κ2) is 26.7. The van der Waals surface area contributed by atoms with Crippen LogP contribution in [0.25, 0.3) is 22.3 Å². The van der Waals surface area contributed by atoms with Gasteiger partial charge in [0.1, 0.15) is 35.3 Å². The summed E-state index contributed by atoms with van der Waals surface area (Å²) in [6, 6.07) is 29.8. The minimum Gasteiger partial charge on any atom is -0.490 e. The first-order chi connectivity index (χ1) is 41.4. The number of rotatable bonds is 16. The monoisotopic (exact) mass is 1200 g/mol. The Morgan fingerprint density at radius 1 is 0.500 bits per heavy atom. The van der Waals surface area contributed by atoms with Crippen molar-refractivity contribution in [1.82, 2.24) is 9.97 Å². The summed E-state index contributed by atoms with van der Waals surface area (Å²) >= 11 is 0. The average Bonchev–Trinajstić information content (AvgIpc) is 1.80. The van der Waals surface area contributed by atoms with E-state index in [1.165, 1.54) is 24.3 Å². The Kier molecular flexibility index (Phi) is 19.9. The maximum Gasteiger partial charge on any atom is 0.337 e. The van der Waals surface area contributed by atoms with Crippen molar-refractivity contribution in [2.75, 3.05) is 36.0 Å². The van der Waals surface area contributed by atoms with E-state index in [0.717, 1.165) is 158 Å². The van der Waals surface area contributed by atoms with E-state index in [1.807, 2.05) is 118 Å². The van der Waals surface area contributed by atoms with Crippen molar-refractivity contribution < 1.29 is 47.5 Å². The second-order valence-electron chi connectivity index (χ2n) is 28.6. The number of carbonyl (C=O) groups is 2. The lowest BCUT2D eigenvalue weighted by Crippen LogP contribution is -2.39. The van der Waals surface area contributed by atoms with Crippen LogP contribution < -0.4 is 19.3 Å². The predicted molar refractivity (Wildman–Crippen MR) is 346 cm³/mol. The molecule has 4 fully saturated rings. The highest BCUT2D eigenvalue weighted by Crippen LogP contribution is 2.48. The van der Waals surface area contributed by atoms with E-state index in [0.29, 0.717) is 22.5 Å². The zero-order valence-corrected chi connectivity index (χ0v) is 54.5. The van der Waals surface area contributed by atoms with E-state index in [-0.39, 0.29) is 46.5 Å². The molecular weight excluding hydrogens is 1110 g/mol. The number of halogens is 2. The van der Waals surface area contributed by atoms with E-state index >= 15 is 0 Å². The molecule has 2 aliphatic carbocycles. The molecule has 0 bridgehead atoms. The van der Waals surface area contributed by atoms with Gasteiger partial charge >= 0.3 is 11.9 Å². The number of carboxylic acids is 2. The fourth-order valence-electron chi connectivity index (χ4n) is 13.6. The maximum atomic E-state index is 13.5. The Balaban J connectivity index is 0.000000209. The minimum absolute atomic E-state index is 0.0267. The van der Waals surface area contributed by atoms with E-state index in [9.17, 15) is 28.6 Å². The van der Waals surface area contributed by atoms with E-state index < -0.39 is 35.3 Å². The summed E-state index contributed by atoms with van der Waals surface area (Å²) in [6.45, 7) is 31.5. The van der Waals surface area contributed by atoms with Crippen LogP contribution in [0.3, 0.4) is 0 Å². The largest absolute Gasteiger partial charge is 0.490 e. The van der Waals surface area contributed by atoms with Crippen molar-refractivity contribution in [3.63, 3.8) is 0 Å². The Morgan fingerprint density at radius 2 is 0.818 bits per heavy atom. The number of carboxylic acid groups (broad SMARTS) is 2. The number of anilines is 2. The summed E-state index contributed by atoms with van der Waals surface area (Å²) in [5.74, 6) is -0.465. The summed E-state index contributed by atoms with van der Waals surface area (Å²) in [7, 11) is 0. The first kappa shape index (κ1) is 65.5. The van der Waals surface area contributed by atoms with Crippen molar-refractivity contribution in [3.05, 3.63) is 154 Å². The van der Waals surface area contributed by atoms with Crippen LogP contribution in [0.2, 0.25) is 0 Å². The Hall–Kier alpha value is -6.90. The molecule has 2 N–H and O–H groups in total. The van der Waals surface area contributed by atoms with Crippen LogP contribution in [-0.4, -0.2) is 81.7 Å². The number of aromatic nitrogens is 2. The molecule has 88 heavy (non-hydrogen) atoms. The van der Waals surface area contributed by atoms with Crippen molar-refractivity contribution in [2.24, 2.45) is 10.8 Å². The van der Waals surface area contributed by atoms with Crippen LogP contribution in [-0.2, 0) is 19.1 Å². The Morgan fingerprint density at radius 3 is 1.11 bits per heavy atom. The summed E-state index contributed by atoms with van der Waals surface area (Å²) in [4.78, 5) is 40.0. The number of benzene rings is 4. The number of aryl methyl sites for hydroxylation is 4. The minimum atomic E-state index is -1.15. The van der Waals surface area contributed by atoms with Crippen LogP contribution in [0.1, 0.15) is 203 Å². The summed E-state index contributed by atoms with van der Waals surface area (Å²) in [5, 5.41) is 20.9. The lowest BCUT2D eigenvalue weighted by atomic mass is 9.81. The van der Waals surface area contributed by atoms with E-state index in [1.54, 1.807) is 0 Å². The average molecular weight is 1210 g/mol. The SMILES string of the molecule is Cc1nc(C)c([C@H](OC(C)(C)C)C(=O)O)c(N2CCC(C)(C)CC2)c1-c1ccc(OC2CCCC2c2ccc(F)cc2)cc1.Cc1nc(C)c([C@H](OC(C)(C)C)C(=O)O)c(N2CCC(C)(C)CC2)c1-c1ccc(OC2CCCC2c2ccc(F)cc2)cc1. The van der Waals surface area contributed by atoms with Gasteiger partial charge in [-0.05, 0) is 215 Å². The number of pyridine rings is 2. The predicted octanol–water partition coefficient (Wildman–Crippen LogP) is 17.6. The van der Waals surface area contributed by atoms with Crippen LogP contribution in [0.5, 0.6) is 11.5 Å². The molecule has 6 aromatic rings. The zero-order valence-electron chi connectivity index (χ0n) is 54.5. The number of piperidine rings is 2. The Bertz CT molecular complexity index is 3160. The smallest absolute Gasteiger partial charge is 0.337 e. The van der Waals surface area contributed by atoms with Crippen LogP contribution in [0.4, 0.5) is 20.2 Å². The summed E-state index contributed by atoms with van der Waals surface area (Å²) in [6.07, 6.45) is 7.85. The highest BCUT2D eigenvalue weighted by molar-refractivity contribution is 5.89. The van der Waals surface area contributed by atoms with Crippen molar-refractivity contribution in [2.45, 2.75) is 209 Å². The van der Waals surface area contributed by atoms with Gasteiger partial charge in [0, 0.05) is 83.0 Å². The highest BCUT2D eigenvalue weighted by Gasteiger charge is 2.40. The quantitative estimate of drug-likeness (QED) is 0.0952. The van der Waals surface area contributed by atoms with Gasteiger partial charge in [-0.25, -0.2) is 18.4 Å². The van der Waals surface area contributed by atoms with Gasteiger partial charge in [0.15, 0.2) is 12.2 Å². The van der Waals surface area contributed by atoms with Gasteiger partial charge in [-0.2, -0.15) is 0 Å². The molecule has 2 saturated heterocycles. The molecule has 2 aromatic heterocycles. The molecule has 2 aliphatic heterocycles. The molecule has 0 radical (unpaired) electrons. The molecular formula is C74H94F2N4O8. The molecule has 4 aromatic carbocycles. The van der Waals surface area contributed by atoms with E-state index in [4.69, 9.17) is 28.9 Å². The first-order valence-electron chi connectivity index (χ1n) is 31.8. The zero-order chi connectivity index (χ0) is 63.6. The molecule has 12 nitrogen and oxygen atoms in total. The van der Waals surface area contributed by atoms with Crippen LogP contribution >= 0.6 is 0 Å². The molecule has 4 heterocycles. The van der Waals surface area contributed by atoms with Gasteiger partial charge in [0.05, 0.1) is 22.6 Å². The topological polar surface area (TPSA) is 144 Å². The number of ether oxygens (including phenoxy) is 4. The molecule has 4 aliphatic rings. The molecule has 10 rings (SSSR count). The fourth-order valence-corrected chi connectivity index (χ4v) is 13.6. The highest BCUT2D eigenvalue weighted by atomic mass is 19.1. The maximum absolute atomic E-state index is 13.5. The van der Waals surface area contributed by atoms with Gasteiger partial charge in [-0.3, -0.25) is 9.97 Å². The number of hydrogen-bond donors (Lipinski definition) is 2. The van der Waals surface area contributed by atoms with E-state index in [2.05, 4.69) is 61.8 Å². The molecule has 0 spiro atoms. The standard InChI is InChI=1S/2C37H47FN2O4/c2*1-23-31(26-13-17-28(18-14-26)43-30-10-8-9-29(30)25-11-15-27(38)16-12-25)33(40-21-19-37(6,7)20-22-40)32(24(2)39-23)34(35(41)42)44-36(3,4)5/h2*11-18,29-30,34H,8-10,19-22H2,1-7H3,(H,41,42)/t2*29?,30?,34-/m00/s1. The van der Waals surface area contributed by atoms with Crippen molar-refractivity contribution >= 4 is 23.3 Å². The molecule has 472 valence electrons. The third-order valence-corrected chi connectivity index (χ3v) is 18.3. The fraction of sp³-hybridized carbons (Fsp3) is 0.514. The molecule has 6 atom stereocenters. The lowest BCUT2D eigenvalue weighted by molar-refractivity contribution is -0.161. The van der Waals surface area contributed by atoms with Crippen molar-refractivity contribution in [3.8, 4) is 33.8 Å². The number of nitrogens with zero attached hydrogens (tertiary/aromatic N) is 4. The third-order valence-electron chi connectivity index (χ3n) is 18.3. The third kappa shape index (κ3) is 15.7. The lowest BCUT2D eigenvalue weighted by Gasteiger charge is -2.41. The summed E-state index contributed by atoms with van der Waals surface area (Å²) < 4.78 is 52.5. The van der Waals surface area contributed by atoms with Crippen LogP contribution in [0, 0.1) is 50.2 Å². The van der Waals surface area contributed by atoms with Gasteiger partial charge < -0.3 is 39.0 Å². The number of aliphatic carboxylic acids is 2. The molecule has 0 amide bonds. The van der Waals surface area contributed by atoms with Gasteiger partial charge in [-0.15, -0.1) is 0 Å². The summed E-state index contributed by atoms with van der Waals surface area (Å²) in [5.41, 5.74) is 11.3. The van der Waals surface area contributed by atoms with Crippen molar-refractivity contribution in [1.29, 1.82) is 0 Å². The first-order valence-corrected chi connectivity index (χ1v) is 31.8. The van der Waals surface area contributed by atoms with Gasteiger partial charge in [-0.1, -0.05) is 76.2 Å². The van der Waals surface area contributed by atoms with Gasteiger partial charge in [0.25, 0.3) is 0 Å². The second-order valence-corrected chi connectivity index (χ2v) is 28.6. The number of hydrogen-bond acceptors (Lipinski definition) is 10. The van der Waals surface area contributed by atoms with Gasteiger partial charge in [0.2, 0.25) is 0 Å². The molecule has 4 unspecified atom stereocenters.